The second-order valence-corrected chi connectivity index (χ2v) is 5.79. The highest BCUT2D eigenvalue weighted by atomic mass is 16.5. The Labute approximate surface area is 129 Å². The smallest absolute Gasteiger partial charge is 0.431 e. The number of benzene rings is 2. The number of hydrogen-bond donors (Lipinski definition) is 1. The van der Waals surface area contributed by atoms with E-state index in [0.717, 1.165) is 26.2 Å². The van der Waals surface area contributed by atoms with Crippen LogP contribution in [0.3, 0.4) is 0 Å². The molecule has 3 rings (SSSR count). The summed E-state index contributed by atoms with van der Waals surface area (Å²) in [7, 11) is 0. The van der Waals surface area contributed by atoms with Crippen molar-refractivity contribution in [1.29, 1.82) is 0 Å². The first-order valence-electron chi connectivity index (χ1n) is 7.26. The van der Waals surface area contributed by atoms with E-state index in [1.165, 1.54) is 0 Å². The SMILES string of the molecule is CC1=[N+]([O-])[C@](C)(c2ccc(C)cc2)[N+](O)=C1c1ccccc1. The predicted molar refractivity (Wildman–Crippen MR) is 85.4 cm³/mol. The number of aryl methyl sites for hydroxylation is 1. The summed E-state index contributed by atoms with van der Waals surface area (Å²) in [5.74, 6) is 0. The molecule has 1 N–H and O–H groups in total. The number of hydrogen-bond acceptors (Lipinski definition) is 2. The number of nitrogens with zero attached hydrogens (tertiary/aromatic N) is 2. The van der Waals surface area contributed by atoms with Crippen molar-refractivity contribution >= 4 is 11.4 Å². The largest absolute Gasteiger partial charge is 0.618 e. The fourth-order valence-corrected chi connectivity index (χ4v) is 2.92. The summed E-state index contributed by atoms with van der Waals surface area (Å²) in [6.45, 7) is 5.45. The Balaban J connectivity index is 2.21. The van der Waals surface area contributed by atoms with Crippen molar-refractivity contribution in [3.8, 4) is 0 Å². The van der Waals surface area contributed by atoms with Crippen LogP contribution in [0.2, 0.25) is 0 Å². The maximum absolute atomic E-state index is 12.8. The molecule has 2 aromatic carbocycles. The quantitative estimate of drug-likeness (QED) is 0.526. The molecule has 112 valence electrons. The van der Waals surface area contributed by atoms with Crippen LogP contribution < -0.4 is 0 Å². The Morgan fingerprint density at radius 3 is 2.14 bits per heavy atom. The Bertz CT molecular complexity index is 776. The van der Waals surface area contributed by atoms with E-state index in [9.17, 15) is 10.4 Å². The maximum atomic E-state index is 12.8. The second kappa shape index (κ2) is 4.98. The molecule has 0 saturated heterocycles. The Morgan fingerprint density at radius 2 is 1.55 bits per heavy atom. The van der Waals surface area contributed by atoms with Gasteiger partial charge in [0.1, 0.15) is 0 Å². The van der Waals surface area contributed by atoms with Crippen LogP contribution in [0.5, 0.6) is 0 Å². The van der Waals surface area contributed by atoms with Gasteiger partial charge in [0.15, 0.2) is 0 Å². The fourth-order valence-electron chi connectivity index (χ4n) is 2.92. The number of rotatable bonds is 2. The summed E-state index contributed by atoms with van der Waals surface area (Å²) >= 11 is 0. The minimum atomic E-state index is -1.16. The van der Waals surface area contributed by atoms with E-state index in [1.807, 2.05) is 61.5 Å². The van der Waals surface area contributed by atoms with Crippen molar-refractivity contribution in [2.75, 3.05) is 0 Å². The van der Waals surface area contributed by atoms with Crippen LogP contribution in [-0.4, -0.2) is 26.1 Å². The lowest BCUT2D eigenvalue weighted by Gasteiger charge is -2.17. The summed E-state index contributed by atoms with van der Waals surface area (Å²) in [6.07, 6.45) is 0. The first-order chi connectivity index (χ1) is 10.5. The van der Waals surface area contributed by atoms with E-state index in [4.69, 9.17) is 0 Å². The van der Waals surface area contributed by atoms with Crippen LogP contribution >= 0.6 is 0 Å². The third-order valence-corrected chi connectivity index (χ3v) is 4.31. The van der Waals surface area contributed by atoms with Gasteiger partial charge < -0.3 is 5.21 Å². The van der Waals surface area contributed by atoms with Crippen LogP contribution in [0.25, 0.3) is 0 Å². The topological polar surface area (TPSA) is 49.3 Å². The second-order valence-electron chi connectivity index (χ2n) is 5.79. The van der Waals surface area contributed by atoms with E-state index in [2.05, 4.69) is 0 Å². The standard InChI is InChI=1S/C18H19N2O2/c1-13-9-11-16(12-10-13)18(3)19(21)14(2)17(20(18)22)15-7-5-4-6-8-15/h4-12,22H,1-3H3/q+1/t18-/m0/s1. The summed E-state index contributed by atoms with van der Waals surface area (Å²) in [6, 6.07) is 17.1. The molecule has 0 fully saturated rings. The van der Waals surface area contributed by atoms with Crippen molar-refractivity contribution in [1.82, 2.24) is 0 Å². The summed E-state index contributed by atoms with van der Waals surface area (Å²) in [4.78, 5) is 0. The molecule has 0 saturated carbocycles. The Kier molecular flexibility index (Phi) is 3.24. The van der Waals surface area contributed by atoms with E-state index in [0.29, 0.717) is 11.4 Å². The zero-order valence-electron chi connectivity index (χ0n) is 12.9. The lowest BCUT2D eigenvalue weighted by Crippen LogP contribution is -2.40. The van der Waals surface area contributed by atoms with Gasteiger partial charge in [0.25, 0.3) is 5.71 Å². The van der Waals surface area contributed by atoms with Gasteiger partial charge in [0, 0.05) is 6.92 Å². The molecule has 1 heterocycles. The van der Waals surface area contributed by atoms with Gasteiger partial charge in [-0.2, -0.15) is 0 Å². The fraction of sp³-hybridized carbons (Fsp3) is 0.222. The third kappa shape index (κ3) is 1.91. The van der Waals surface area contributed by atoms with Crippen LogP contribution in [0.1, 0.15) is 30.5 Å². The average Bonchev–Trinajstić information content (AvgIpc) is 2.71. The van der Waals surface area contributed by atoms with Crippen molar-refractivity contribution in [3.05, 3.63) is 76.5 Å². The van der Waals surface area contributed by atoms with Gasteiger partial charge in [0.2, 0.25) is 0 Å². The predicted octanol–water partition coefficient (Wildman–Crippen LogP) is 3.04. The van der Waals surface area contributed by atoms with E-state index >= 15 is 0 Å². The monoisotopic (exact) mass is 295 g/mol. The van der Waals surface area contributed by atoms with Crippen LogP contribution in [-0.2, 0) is 5.66 Å². The highest BCUT2D eigenvalue weighted by Crippen LogP contribution is 2.30. The minimum Gasteiger partial charge on any atom is -0.618 e. The first kappa shape index (κ1) is 14.3. The maximum Gasteiger partial charge on any atom is 0.431 e. The molecule has 0 aliphatic carbocycles. The summed E-state index contributed by atoms with van der Waals surface area (Å²) in [5.41, 5.74) is 2.55. The molecule has 1 atom stereocenters. The van der Waals surface area contributed by atoms with Crippen molar-refractivity contribution in [2.24, 2.45) is 0 Å². The normalized spacial score (nSPS) is 21.6. The van der Waals surface area contributed by atoms with E-state index in [1.54, 1.807) is 13.8 Å². The van der Waals surface area contributed by atoms with Crippen LogP contribution in [0.4, 0.5) is 0 Å². The Hall–Kier alpha value is -2.62. The van der Waals surface area contributed by atoms with Crippen molar-refractivity contribution < 1.29 is 14.7 Å². The molecule has 0 radical (unpaired) electrons. The molecule has 2 aromatic rings. The molecule has 1 aliphatic heterocycles. The highest BCUT2D eigenvalue weighted by Gasteiger charge is 2.58. The molecule has 22 heavy (non-hydrogen) atoms. The minimum absolute atomic E-state index is 0.497. The molecule has 4 nitrogen and oxygen atoms in total. The van der Waals surface area contributed by atoms with Gasteiger partial charge in [-0.15, -0.1) is 4.74 Å². The molecule has 0 spiro atoms. The zero-order chi connectivity index (χ0) is 15.9. The van der Waals surface area contributed by atoms with Gasteiger partial charge in [-0.3, -0.25) is 5.21 Å². The first-order valence-corrected chi connectivity index (χ1v) is 7.26. The molecule has 0 unspecified atom stereocenters. The molecule has 0 bridgehead atoms. The van der Waals surface area contributed by atoms with Gasteiger partial charge in [-0.05, 0) is 31.2 Å². The lowest BCUT2D eigenvalue weighted by atomic mass is 10.0. The van der Waals surface area contributed by atoms with E-state index in [-0.39, 0.29) is 0 Å². The molecule has 4 heteroatoms. The Morgan fingerprint density at radius 1 is 0.955 bits per heavy atom. The van der Waals surface area contributed by atoms with Gasteiger partial charge in [0.05, 0.1) is 22.8 Å². The van der Waals surface area contributed by atoms with E-state index < -0.39 is 5.66 Å². The molecular weight excluding hydrogens is 276 g/mol. The summed E-state index contributed by atoms with van der Waals surface area (Å²) in [5, 5.41) is 23.5. The van der Waals surface area contributed by atoms with Gasteiger partial charge in [-0.25, -0.2) is 0 Å². The highest BCUT2D eigenvalue weighted by molar-refractivity contribution is 6.44. The molecule has 0 amide bonds. The van der Waals surface area contributed by atoms with Crippen LogP contribution in [0, 0.1) is 12.1 Å². The van der Waals surface area contributed by atoms with Crippen LogP contribution in [0.15, 0.2) is 54.6 Å². The summed E-state index contributed by atoms with van der Waals surface area (Å²) < 4.78 is 1.95. The number of hydroxylamine groups is 2. The average molecular weight is 295 g/mol. The third-order valence-electron chi connectivity index (χ3n) is 4.31. The molecule has 1 aliphatic rings. The van der Waals surface area contributed by atoms with Gasteiger partial charge in [-0.1, -0.05) is 35.9 Å². The van der Waals surface area contributed by atoms with Crippen molar-refractivity contribution in [3.63, 3.8) is 0 Å². The van der Waals surface area contributed by atoms with Crippen molar-refractivity contribution in [2.45, 2.75) is 26.4 Å². The molecular formula is C18H19N2O2+. The molecule has 0 aromatic heterocycles. The zero-order valence-corrected chi connectivity index (χ0v) is 12.9. The lowest BCUT2D eigenvalue weighted by molar-refractivity contribution is -0.929. The van der Waals surface area contributed by atoms with Gasteiger partial charge >= 0.3 is 11.4 Å².